The summed E-state index contributed by atoms with van der Waals surface area (Å²) < 4.78 is 15.6. The van der Waals surface area contributed by atoms with Gasteiger partial charge >= 0.3 is 0 Å². The molecule has 1 aromatic rings. The van der Waals surface area contributed by atoms with Crippen molar-refractivity contribution < 1.29 is 13.9 Å². The lowest BCUT2D eigenvalue weighted by molar-refractivity contribution is 0.128. The highest BCUT2D eigenvalue weighted by Gasteiger charge is 2.19. The van der Waals surface area contributed by atoms with E-state index in [0.717, 1.165) is 63.8 Å². The minimum absolute atomic E-state index is 0.455. The number of nitrogens with one attached hydrogen (secondary N) is 2. The van der Waals surface area contributed by atoms with Crippen molar-refractivity contribution in [2.24, 2.45) is 4.99 Å². The molecule has 0 aromatic carbocycles. The fourth-order valence-corrected chi connectivity index (χ4v) is 2.87. The molecule has 7 heteroatoms. The molecule has 2 N–H and O–H groups in total. The average molecular weight is 352 g/mol. The highest BCUT2D eigenvalue weighted by molar-refractivity contribution is 5.80. The first-order chi connectivity index (χ1) is 12.3. The Bertz CT molecular complexity index is 471. The molecule has 1 aromatic heterocycles. The van der Waals surface area contributed by atoms with E-state index in [0.29, 0.717) is 19.2 Å². The Morgan fingerprint density at radius 3 is 2.76 bits per heavy atom. The lowest BCUT2D eigenvalue weighted by Crippen LogP contribution is -2.49. The number of ether oxygens (including phenoxy) is 2. The SMILES string of the molecule is COCCN=C(NCCc1ccco1)NC1CCN(CCOC)CC1. The van der Waals surface area contributed by atoms with E-state index >= 15 is 0 Å². The van der Waals surface area contributed by atoms with Gasteiger partial charge in [0, 0.05) is 52.9 Å². The molecule has 0 unspecified atom stereocenters. The number of hydrogen-bond donors (Lipinski definition) is 2. The van der Waals surface area contributed by atoms with E-state index in [4.69, 9.17) is 13.9 Å². The maximum atomic E-state index is 5.37. The van der Waals surface area contributed by atoms with Crippen LogP contribution in [-0.4, -0.2) is 77.1 Å². The van der Waals surface area contributed by atoms with E-state index < -0.39 is 0 Å². The van der Waals surface area contributed by atoms with Gasteiger partial charge in [0.2, 0.25) is 0 Å². The van der Waals surface area contributed by atoms with Crippen LogP contribution in [0.25, 0.3) is 0 Å². The Morgan fingerprint density at radius 2 is 2.08 bits per heavy atom. The molecule has 2 rings (SSSR count). The second kappa shape index (κ2) is 11.9. The van der Waals surface area contributed by atoms with Gasteiger partial charge in [0.15, 0.2) is 5.96 Å². The van der Waals surface area contributed by atoms with Crippen LogP contribution < -0.4 is 10.6 Å². The molecule has 0 saturated carbocycles. The lowest BCUT2D eigenvalue weighted by Gasteiger charge is -2.32. The molecule has 0 atom stereocenters. The number of nitrogens with zero attached hydrogens (tertiary/aromatic N) is 2. The summed E-state index contributed by atoms with van der Waals surface area (Å²) in [6.45, 7) is 6.08. The maximum absolute atomic E-state index is 5.37. The monoisotopic (exact) mass is 352 g/mol. The molecule has 0 spiro atoms. The zero-order valence-corrected chi connectivity index (χ0v) is 15.5. The summed E-state index contributed by atoms with van der Waals surface area (Å²) in [7, 11) is 3.45. The highest BCUT2D eigenvalue weighted by atomic mass is 16.5. The fraction of sp³-hybridized carbons (Fsp3) is 0.722. The minimum atomic E-state index is 0.455. The van der Waals surface area contributed by atoms with Gasteiger partial charge in [-0.15, -0.1) is 0 Å². The molecular formula is C18H32N4O3. The number of rotatable bonds is 10. The molecule has 0 aliphatic carbocycles. The fourth-order valence-electron chi connectivity index (χ4n) is 2.87. The van der Waals surface area contributed by atoms with Crippen LogP contribution in [0.2, 0.25) is 0 Å². The lowest BCUT2D eigenvalue weighted by atomic mass is 10.1. The van der Waals surface area contributed by atoms with Crippen LogP contribution in [-0.2, 0) is 15.9 Å². The first kappa shape index (κ1) is 19.8. The second-order valence-electron chi connectivity index (χ2n) is 6.23. The summed E-state index contributed by atoms with van der Waals surface area (Å²) in [5.74, 6) is 1.84. The summed E-state index contributed by atoms with van der Waals surface area (Å²) in [6.07, 6.45) is 4.78. The van der Waals surface area contributed by atoms with Crippen LogP contribution in [0, 0.1) is 0 Å². The normalized spacial score (nSPS) is 17.0. The van der Waals surface area contributed by atoms with Crippen LogP contribution in [0.5, 0.6) is 0 Å². The van der Waals surface area contributed by atoms with Gasteiger partial charge in [-0.2, -0.15) is 0 Å². The van der Waals surface area contributed by atoms with Crippen molar-refractivity contribution in [1.29, 1.82) is 0 Å². The second-order valence-corrected chi connectivity index (χ2v) is 6.23. The van der Waals surface area contributed by atoms with Gasteiger partial charge in [-0.1, -0.05) is 0 Å². The molecule has 1 aliphatic heterocycles. The number of methoxy groups -OCH3 is 2. The number of aliphatic imine (C=N–C) groups is 1. The summed E-state index contributed by atoms with van der Waals surface area (Å²) >= 11 is 0. The Hall–Kier alpha value is -1.57. The number of hydrogen-bond acceptors (Lipinski definition) is 5. The number of guanidine groups is 1. The molecule has 142 valence electrons. The van der Waals surface area contributed by atoms with Crippen molar-refractivity contribution in [1.82, 2.24) is 15.5 Å². The number of piperidine rings is 1. The van der Waals surface area contributed by atoms with Crippen LogP contribution in [0.15, 0.2) is 27.8 Å². The van der Waals surface area contributed by atoms with Crippen molar-refractivity contribution in [3.63, 3.8) is 0 Å². The molecule has 0 amide bonds. The Labute approximate surface area is 150 Å². The Balaban J connectivity index is 1.74. The van der Waals surface area contributed by atoms with Gasteiger partial charge in [0.25, 0.3) is 0 Å². The molecule has 1 aliphatic rings. The summed E-state index contributed by atoms with van der Waals surface area (Å²) in [5, 5.41) is 6.97. The number of furan rings is 1. The zero-order chi connectivity index (χ0) is 17.7. The Kier molecular flexibility index (Phi) is 9.40. The predicted octanol–water partition coefficient (Wildman–Crippen LogP) is 1.11. The summed E-state index contributed by atoms with van der Waals surface area (Å²) in [5.41, 5.74) is 0. The molecule has 0 radical (unpaired) electrons. The molecule has 1 fully saturated rings. The predicted molar refractivity (Wildman–Crippen MR) is 99.1 cm³/mol. The molecule has 7 nitrogen and oxygen atoms in total. The van der Waals surface area contributed by atoms with E-state index in [1.807, 2.05) is 12.1 Å². The van der Waals surface area contributed by atoms with Crippen molar-refractivity contribution in [3.05, 3.63) is 24.2 Å². The van der Waals surface area contributed by atoms with E-state index in [9.17, 15) is 0 Å². The van der Waals surface area contributed by atoms with E-state index in [2.05, 4.69) is 20.5 Å². The minimum Gasteiger partial charge on any atom is -0.469 e. The zero-order valence-electron chi connectivity index (χ0n) is 15.5. The van der Waals surface area contributed by atoms with Gasteiger partial charge in [0.05, 0.1) is 26.0 Å². The van der Waals surface area contributed by atoms with Crippen molar-refractivity contribution in [2.75, 3.05) is 60.2 Å². The van der Waals surface area contributed by atoms with E-state index in [1.165, 1.54) is 0 Å². The molecular weight excluding hydrogens is 320 g/mol. The molecule has 2 heterocycles. The highest BCUT2D eigenvalue weighted by Crippen LogP contribution is 2.09. The largest absolute Gasteiger partial charge is 0.469 e. The topological polar surface area (TPSA) is 71.3 Å². The standard InChI is InChI=1S/C18H32N4O3/c1-23-14-9-20-18(19-8-5-17-4-3-13-25-17)21-16-6-10-22(11-7-16)12-15-24-2/h3-4,13,16H,5-12,14-15H2,1-2H3,(H2,19,20,21). The van der Waals surface area contributed by atoms with Gasteiger partial charge in [0.1, 0.15) is 5.76 Å². The third kappa shape index (κ3) is 7.90. The summed E-state index contributed by atoms with van der Waals surface area (Å²) in [4.78, 5) is 7.05. The van der Waals surface area contributed by atoms with Crippen molar-refractivity contribution >= 4 is 5.96 Å². The van der Waals surface area contributed by atoms with Gasteiger partial charge in [-0.05, 0) is 25.0 Å². The van der Waals surface area contributed by atoms with Crippen LogP contribution in [0.1, 0.15) is 18.6 Å². The van der Waals surface area contributed by atoms with E-state index in [1.54, 1.807) is 20.5 Å². The molecule has 25 heavy (non-hydrogen) atoms. The smallest absolute Gasteiger partial charge is 0.191 e. The number of likely N-dealkylation sites (tertiary alicyclic amines) is 1. The maximum Gasteiger partial charge on any atom is 0.191 e. The third-order valence-electron chi connectivity index (χ3n) is 4.35. The Morgan fingerprint density at radius 1 is 1.28 bits per heavy atom. The molecule has 1 saturated heterocycles. The summed E-state index contributed by atoms with van der Waals surface area (Å²) in [6, 6.07) is 4.36. The first-order valence-corrected chi connectivity index (χ1v) is 9.09. The van der Waals surface area contributed by atoms with Gasteiger partial charge in [-0.3, -0.25) is 4.99 Å². The first-order valence-electron chi connectivity index (χ1n) is 9.09. The van der Waals surface area contributed by atoms with Crippen molar-refractivity contribution in [3.8, 4) is 0 Å². The quantitative estimate of drug-likeness (QED) is 0.373. The van der Waals surface area contributed by atoms with Gasteiger partial charge in [-0.25, -0.2) is 0 Å². The van der Waals surface area contributed by atoms with Crippen LogP contribution in [0.4, 0.5) is 0 Å². The molecule has 0 bridgehead atoms. The van der Waals surface area contributed by atoms with Gasteiger partial charge < -0.3 is 29.4 Å². The van der Waals surface area contributed by atoms with Crippen LogP contribution >= 0.6 is 0 Å². The third-order valence-corrected chi connectivity index (χ3v) is 4.35. The van der Waals surface area contributed by atoms with E-state index in [-0.39, 0.29) is 0 Å². The van der Waals surface area contributed by atoms with Crippen molar-refractivity contribution in [2.45, 2.75) is 25.3 Å². The average Bonchev–Trinajstić information content (AvgIpc) is 3.14. The van der Waals surface area contributed by atoms with Crippen LogP contribution in [0.3, 0.4) is 0 Å².